The van der Waals surface area contributed by atoms with Crippen molar-refractivity contribution in [1.29, 1.82) is 0 Å². The summed E-state index contributed by atoms with van der Waals surface area (Å²) in [6.45, 7) is 0. The van der Waals surface area contributed by atoms with E-state index in [-0.39, 0.29) is 5.56 Å². The van der Waals surface area contributed by atoms with Crippen molar-refractivity contribution in [3.63, 3.8) is 0 Å². The first-order valence-corrected chi connectivity index (χ1v) is 8.69. The number of rotatable bonds is 3. The zero-order chi connectivity index (χ0) is 19.5. The number of nitrogens with one attached hydrogen (secondary N) is 1. The van der Waals surface area contributed by atoms with E-state index in [0.717, 1.165) is 20.9 Å². The maximum Gasteiger partial charge on any atom is 0.335 e. The molecule has 5 nitrogen and oxygen atoms in total. The van der Waals surface area contributed by atoms with E-state index in [4.69, 9.17) is 0 Å². The fraction of sp³-hybridized carbons (Fsp3) is 0. The van der Waals surface area contributed by atoms with Crippen LogP contribution in [0.1, 0.15) is 11.1 Å². The molecule has 4 rings (SSSR count). The minimum absolute atomic E-state index is 0.0419. The van der Waals surface area contributed by atoms with E-state index >= 15 is 0 Å². The van der Waals surface area contributed by atoms with Gasteiger partial charge < -0.3 is 5.11 Å². The van der Waals surface area contributed by atoms with Crippen LogP contribution in [0, 0.1) is 0 Å². The first-order chi connectivity index (χ1) is 13.6. The molecule has 0 saturated carbocycles. The molecule has 0 fully saturated rings. The highest BCUT2D eigenvalue weighted by molar-refractivity contribution is 5.90. The number of H-pyrrole nitrogens is 1. The number of nitrogens with zero attached hydrogens (tertiary/aromatic N) is 1. The number of aromatic nitrogens is 2. The van der Waals surface area contributed by atoms with Gasteiger partial charge in [-0.2, -0.15) is 0 Å². The highest BCUT2D eigenvalue weighted by atomic mass is 16.3. The molecule has 2 N–H and O–H groups in total. The standard InChI is InChI=1S/C23H16N2O3/c26-21-19(14-6-10-16-8-2-1-3-9-16)22(27)25(23(28)24-21)20-15-7-12-17-11-4-5-13-18(17)20/h1-5,7-15,27H,(H,24,26,28). The number of fused-ring (bicyclic) bond motifs is 1. The van der Waals surface area contributed by atoms with E-state index in [2.05, 4.69) is 10.7 Å². The summed E-state index contributed by atoms with van der Waals surface area (Å²) >= 11 is 0. The summed E-state index contributed by atoms with van der Waals surface area (Å²) < 4.78 is 1.10. The molecule has 3 aromatic carbocycles. The van der Waals surface area contributed by atoms with Crippen LogP contribution < -0.4 is 11.2 Å². The molecule has 0 aliphatic rings. The summed E-state index contributed by atoms with van der Waals surface area (Å²) in [6, 6.07) is 22.4. The second-order valence-corrected chi connectivity index (χ2v) is 6.20. The highest BCUT2D eigenvalue weighted by Gasteiger charge is 2.15. The highest BCUT2D eigenvalue weighted by Crippen LogP contribution is 2.25. The Bertz CT molecular complexity index is 1340. The van der Waals surface area contributed by atoms with Gasteiger partial charge in [0, 0.05) is 5.39 Å². The summed E-state index contributed by atoms with van der Waals surface area (Å²) in [5.74, 6) is -0.431. The molecule has 136 valence electrons. The lowest BCUT2D eigenvalue weighted by atomic mass is 10.1. The molecule has 0 saturated heterocycles. The summed E-state index contributed by atoms with van der Waals surface area (Å²) in [5, 5.41) is 12.4. The largest absolute Gasteiger partial charge is 0.494 e. The molecule has 0 amide bonds. The van der Waals surface area contributed by atoms with Crippen molar-refractivity contribution in [2.45, 2.75) is 0 Å². The van der Waals surface area contributed by atoms with Gasteiger partial charge in [0.05, 0.1) is 5.69 Å². The number of hydrogen-bond acceptors (Lipinski definition) is 3. The number of aromatic amines is 1. The Hall–Kier alpha value is -4.08. The van der Waals surface area contributed by atoms with Gasteiger partial charge in [-0.1, -0.05) is 66.7 Å². The van der Waals surface area contributed by atoms with Crippen LogP contribution in [0.2, 0.25) is 0 Å². The molecule has 0 spiro atoms. The normalized spacial score (nSPS) is 10.4. The SMILES string of the molecule is O=c1[nH]c(=O)n(-c2cccc3ccccc23)c(O)c1C=C=Cc1ccccc1. The molecular formula is C23H16N2O3. The lowest BCUT2D eigenvalue weighted by Gasteiger charge is -2.12. The van der Waals surface area contributed by atoms with Gasteiger partial charge in [-0.25, -0.2) is 9.36 Å². The lowest BCUT2D eigenvalue weighted by molar-refractivity contribution is 0.430. The van der Waals surface area contributed by atoms with Crippen molar-refractivity contribution in [2.75, 3.05) is 0 Å². The molecule has 28 heavy (non-hydrogen) atoms. The molecule has 0 atom stereocenters. The lowest BCUT2D eigenvalue weighted by Crippen LogP contribution is -2.30. The zero-order valence-electron chi connectivity index (χ0n) is 14.8. The molecule has 1 heterocycles. The summed E-state index contributed by atoms with van der Waals surface area (Å²) in [5.41, 5.74) is 2.85. The predicted octanol–water partition coefficient (Wildman–Crippen LogP) is 3.71. The molecule has 0 aliphatic carbocycles. The maximum atomic E-state index is 12.5. The minimum atomic E-state index is -0.706. The van der Waals surface area contributed by atoms with E-state index in [9.17, 15) is 14.7 Å². The zero-order valence-corrected chi connectivity index (χ0v) is 14.8. The maximum absolute atomic E-state index is 12.5. The van der Waals surface area contributed by atoms with Crippen LogP contribution >= 0.6 is 0 Å². The van der Waals surface area contributed by atoms with E-state index < -0.39 is 17.1 Å². The molecule has 0 radical (unpaired) electrons. The Morgan fingerprint density at radius 1 is 0.857 bits per heavy atom. The van der Waals surface area contributed by atoms with E-state index in [1.54, 1.807) is 18.2 Å². The van der Waals surface area contributed by atoms with Crippen LogP contribution in [-0.2, 0) is 0 Å². The first-order valence-electron chi connectivity index (χ1n) is 8.69. The number of hydrogen-bond donors (Lipinski definition) is 2. The summed E-state index contributed by atoms with van der Waals surface area (Å²) in [4.78, 5) is 27.0. The third-order valence-corrected chi connectivity index (χ3v) is 4.41. The van der Waals surface area contributed by atoms with Gasteiger partial charge in [-0.15, -0.1) is 5.73 Å². The summed E-state index contributed by atoms with van der Waals surface area (Å²) in [6.07, 6.45) is 3.05. The Morgan fingerprint density at radius 2 is 1.57 bits per heavy atom. The predicted molar refractivity (Wildman–Crippen MR) is 111 cm³/mol. The van der Waals surface area contributed by atoms with Gasteiger partial charge in [0.15, 0.2) is 0 Å². The van der Waals surface area contributed by atoms with Crippen molar-refractivity contribution < 1.29 is 5.11 Å². The van der Waals surface area contributed by atoms with Crippen molar-refractivity contribution in [2.24, 2.45) is 0 Å². The quantitative estimate of drug-likeness (QED) is 0.541. The Kier molecular flexibility index (Phi) is 4.50. The average Bonchev–Trinajstić information content (AvgIpc) is 2.71. The second kappa shape index (κ2) is 7.27. The molecule has 0 aliphatic heterocycles. The van der Waals surface area contributed by atoms with Crippen LogP contribution in [0.5, 0.6) is 5.88 Å². The molecule has 0 bridgehead atoms. The third-order valence-electron chi connectivity index (χ3n) is 4.41. The average molecular weight is 368 g/mol. The van der Waals surface area contributed by atoms with Crippen molar-refractivity contribution in [1.82, 2.24) is 9.55 Å². The third kappa shape index (κ3) is 3.18. The van der Waals surface area contributed by atoms with Gasteiger partial charge in [-0.3, -0.25) is 9.78 Å². The Balaban J connectivity index is 1.91. The van der Waals surface area contributed by atoms with Gasteiger partial charge in [0.2, 0.25) is 5.88 Å². The van der Waals surface area contributed by atoms with E-state index in [1.165, 1.54) is 6.08 Å². The molecular weight excluding hydrogens is 352 g/mol. The van der Waals surface area contributed by atoms with Crippen molar-refractivity contribution in [3.05, 3.63) is 110 Å². The minimum Gasteiger partial charge on any atom is -0.494 e. The van der Waals surface area contributed by atoms with Crippen molar-refractivity contribution >= 4 is 22.9 Å². The van der Waals surface area contributed by atoms with Crippen LogP contribution in [0.15, 0.2) is 88.1 Å². The summed E-state index contributed by atoms with van der Waals surface area (Å²) in [7, 11) is 0. The second-order valence-electron chi connectivity index (χ2n) is 6.20. The van der Waals surface area contributed by atoms with Crippen LogP contribution in [0.4, 0.5) is 0 Å². The fourth-order valence-corrected chi connectivity index (χ4v) is 3.07. The van der Waals surface area contributed by atoms with Crippen LogP contribution in [-0.4, -0.2) is 14.7 Å². The van der Waals surface area contributed by atoms with Gasteiger partial charge in [-0.05, 0) is 29.2 Å². The van der Waals surface area contributed by atoms with Crippen LogP contribution in [0.3, 0.4) is 0 Å². The van der Waals surface area contributed by atoms with E-state index in [0.29, 0.717) is 5.69 Å². The molecule has 1 aromatic heterocycles. The van der Waals surface area contributed by atoms with E-state index in [1.807, 2.05) is 60.7 Å². The number of benzene rings is 3. The monoisotopic (exact) mass is 368 g/mol. The topological polar surface area (TPSA) is 75.1 Å². The first kappa shape index (κ1) is 17.3. The smallest absolute Gasteiger partial charge is 0.335 e. The molecule has 5 heteroatoms. The van der Waals surface area contributed by atoms with Crippen molar-refractivity contribution in [3.8, 4) is 11.6 Å². The Morgan fingerprint density at radius 3 is 2.39 bits per heavy atom. The molecule has 0 unspecified atom stereocenters. The van der Waals surface area contributed by atoms with Gasteiger partial charge in [0.25, 0.3) is 5.56 Å². The fourth-order valence-electron chi connectivity index (χ4n) is 3.07. The Labute approximate surface area is 160 Å². The van der Waals surface area contributed by atoms with Crippen LogP contribution in [0.25, 0.3) is 28.6 Å². The molecule has 4 aromatic rings. The number of aromatic hydroxyl groups is 1. The van der Waals surface area contributed by atoms with Gasteiger partial charge >= 0.3 is 5.69 Å². The van der Waals surface area contributed by atoms with Gasteiger partial charge in [0.1, 0.15) is 5.56 Å².